The molecule has 0 amide bonds. The van der Waals surface area contributed by atoms with Gasteiger partial charge in [0.1, 0.15) is 5.82 Å². The number of rotatable bonds is 7. The molecule has 102 valence electrons. The fraction of sp³-hybridized carbons (Fsp3) is 0.643. The molecule has 4 nitrogen and oxygen atoms in total. The van der Waals surface area contributed by atoms with Crippen molar-refractivity contribution in [1.29, 1.82) is 0 Å². The zero-order chi connectivity index (χ0) is 13.5. The van der Waals surface area contributed by atoms with Gasteiger partial charge in [0.15, 0.2) is 0 Å². The lowest BCUT2D eigenvalue weighted by Gasteiger charge is -2.21. The molecule has 0 radical (unpaired) electrons. The molecule has 0 aliphatic heterocycles. The zero-order valence-electron chi connectivity index (χ0n) is 12.3. The second kappa shape index (κ2) is 7.34. The van der Waals surface area contributed by atoms with Crippen LogP contribution in [0.4, 0.5) is 5.82 Å². The summed E-state index contributed by atoms with van der Waals surface area (Å²) in [5.41, 5.74) is 1.28. The van der Waals surface area contributed by atoms with Crippen LogP contribution in [-0.2, 0) is 0 Å². The topological polar surface area (TPSA) is 31.4 Å². The van der Waals surface area contributed by atoms with Crippen LogP contribution in [0.2, 0.25) is 0 Å². The third-order valence-electron chi connectivity index (χ3n) is 3.19. The lowest BCUT2D eigenvalue weighted by Crippen LogP contribution is -2.24. The number of nitrogens with zero attached hydrogens (tertiary/aromatic N) is 3. The number of pyridine rings is 1. The van der Waals surface area contributed by atoms with Gasteiger partial charge in [-0.3, -0.25) is 0 Å². The predicted molar refractivity (Wildman–Crippen MR) is 78.2 cm³/mol. The van der Waals surface area contributed by atoms with E-state index in [0.717, 1.165) is 25.3 Å². The predicted octanol–water partition coefficient (Wildman–Crippen LogP) is 1.75. The molecule has 0 aliphatic rings. The molecule has 0 spiro atoms. The normalized spacial score (nSPS) is 12.8. The van der Waals surface area contributed by atoms with Crippen molar-refractivity contribution in [2.24, 2.45) is 0 Å². The molecule has 0 aliphatic carbocycles. The van der Waals surface area contributed by atoms with Crippen LogP contribution in [0.1, 0.15) is 24.9 Å². The summed E-state index contributed by atoms with van der Waals surface area (Å²) in [6, 6.07) is 4.59. The molecule has 0 saturated heterocycles. The molecule has 1 N–H and O–H groups in total. The third kappa shape index (κ3) is 4.63. The van der Waals surface area contributed by atoms with Gasteiger partial charge in [0.25, 0.3) is 0 Å². The Hall–Kier alpha value is -1.13. The summed E-state index contributed by atoms with van der Waals surface area (Å²) in [4.78, 5) is 8.87. The first-order valence-electron chi connectivity index (χ1n) is 6.53. The lowest BCUT2D eigenvalue weighted by atomic mass is 10.1. The second-order valence-corrected chi connectivity index (χ2v) is 5.04. The number of aromatic nitrogens is 1. The Morgan fingerprint density at radius 2 is 2.00 bits per heavy atom. The van der Waals surface area contributed by atoms with Gasteiger partial charge >= 0.3 is 0 Å². The Labute approximate surface area is 111 Å². The molecule has 1 aromatic heterocycles. The average molecular weight is 250 g/mol. The molecule has 1 rings (SSSR count). The van der Waals surface area contributed by atoms with Crippen molar-refractivity contribution in [3.05, 3.63) is 23.9 Å². The van der Waals surface area contributed by atoms with E-state index in [9.17, 15) is 0 Å². The molecule has 18 heavy (non-hydrogen) atoms. The van der Waals surface area contributed by atoms with Gasteiger partial charge in [-0.2, -0.15) is 0 Å². The van der Waals surface area contributed by atoms with E-state index in [1.54, 1.807) is 0 Å². The van der Waals surface area contributed by atoms with E-state index in [-0.39, 0.29) is 0 Å². The van der Waals surface area contributed by atoms with Crippen LogP contribution in [0, 0.1) is 0 Å². The Bertz CT molecular complexity index is 351. The summed E-state index contributed by atoms with van der Waals surface area (Å²) in [6.07, 6.45) is 3.04. The maximum atomic E-state index is 4.44. The zero-order valence-corrected chi connectivity index (χ0v) is 12.3. The minimum atomic E-state index is 0.363. The van der Waals surface area contributed by atoms with E-state index < -0.39 is 0 Å². The van der Waals surface area contributed by atoms with Gasteiger partial charge in [-0.15, -0.1) is 0 Å². The van der Waals surface area contributed by atoms with E-state index in [0.29, 0.717) is 6.04 Å². The first-order valence-corrected chi connectivity index (χ1v) is 6.53. The Balaban J connectivity index is 2.59. The van der Waals surface area contributed by atoms with Crippen LogP contribution in [0.5, 0.6) is 0 Å². The van der Waals surface area contributed by atoms with Crippen molar-refractivity contribution in [3.63, 3.8) is 0 Å². The number of hydrogen-bond donors (Lipinski definition) is 1. The first kappa shape index (κ1) is 14.9. The van der Waals surface area contributed by atoms with E-state index in [2.05, 4.69) is 60.3 Å². The van der Waals surface area contributed by atoms with Crippen molar-refractivity contribution < 1.29 is 0 Å². The highest BCUT2D eigenvalue weighted by atomic mass is 15.2. The molecule has 0 aromatic carbocycles. The second-order valence-electron chi connectivity index (χ2n) is 5.04. The van der Waals surface area contributed by atoms with Crippen molar-refractivity contribution in [2.75, 3.05) is 46.2 Å². The highest BCUT2D eigenvalue weighted by molar-refractivity contribution is 5.40. The molecule has 0 fully saturated rings. The number of anilines is 1. The quantitative estimate of drug-likeness (QED) is 0.799. The van der Waals surface area contributed by atoms with Crippen LogP contribution >= 0.6 is 0 Å². The van der Waals surface area contributed by atoms with Crippen LogP contribution in [0.15, 0.2) is 18.3 Å². The van der Waals surface area contributed by atoms with Gasteiger partial charge in [-0.05, 0) is 58.7 Å². The standard InChI is InChI=1S/C14H26N4/c1-12(15-2)13-7-8-16-14(11-13)18(5)10-6-9-17(3)4/h7-8,11-12,15H,6,9-10H2,1-5H3. The van der Waals surface area contributed by atoms with Gasteiger partial charge in [-0.25, -0.2) is 4.98 Å². The summed E-state index contributed by atoms with van der Waals surface area (Å²) in [6.45, 7) is 4.30. The number of nitrogens with one attached hydrogen (secondary N) is 1. The van der Waals surface area contributed by atoms with Crippen LogP contribution in [-0.4, -0.2) is 51.2 Å². The largest absolute Gasteiger partial charge is 0.360 e. The summed E-state index contributed by atoms with van der Waals surface area (Å²) >= 11 is 0. The van der Waals surface area contributed by atoms with E-state index in [1.807, 2.05) is 13.2 Å². The van der Waals surface area contributed by atoms with Gasteiger partial charge < -0.3 is 15.1 Å². The summed E-state index contributed by atoms with van der Waals surface area (Å²) in [7, 11) is 8.29. The number of hydrogen-bond acceptors (Lipinski definition) is 4. The minimum Gasteiger partial charge on any atom is -0.360 e. The summed E-state index contributed by atoms with van der Waals surface area (Å²) in [5, 5.41) is 3.25. The van der Waals surface area contributed by atoms with Crippen LogP contribution < -0.4 is 10.2 Å². The summed E-state index contributed by atoms with van der Waals surface area (Å²) < 4.78 is 0. The van der Waals surface area contributed by atoms with Crippen molar-refractivity contribution in [2.45, 2.75) is 19.4 Å². The first-order chi connectivity index (χ1) is 8.54. The molecular formula is C14H26N4. The molecule has 1 heterocycles. The molecule has 1 atom stereocenters. The van der Waals surface area contributed by atoms with E-state index in [4.69, 9.17) is 0 Å². The van der Waals surface area contributed by atoms with Crippen molar-refractivity contribution >= 4 is 5.82 Å². The molecule has 4 heteroatoms. The highest BCUT2D eigenvalue weighted by Crippen LogP contribution is 2.17. The maximum Gasteiger partial charge on any atom is 0.128 e. The van der Waals surface area contributed by atoms with E-state index in [1.165, 1.54) is 5.56 Å². The smallest absolute Gasteiger partial charge is 0.128 e. The summed E-state index contributed by atoms with van der Waals surface area (Å²) in [5.74, 6) is 1.05. The molecule has 1 aromatic rings. The van der Waals surface area contributed by atoms with Crippen molar-refractivity contribution in [1.82, 2.24) is 15.2 Å². The molecule has 0 bridgehead atoms. The maximum absolute atomic E-state index is 4.44. The van der Waals surface area contributed by atoms with Gasteiger partial charge in [0.2, 0.25) is 0 Å². The van der Waals surface area contributed by atoms with Crippen LogP contribution in [0.3, 0.4) is 0 Å². The molecular weight excluding hydrogens is 224 g/mol. The highest BCUT2D eigenvalue weighted by Gasteiger charge is 2.07. The van der Waals surface area contributed by atoms with Crippen LogP contribution in [0.25, 0.3) is 0 Å². The van der Waals surface area contributed by atoms with E-state index >= 15 is 0 Å². The van der Waals surface area contributed by atoms with Gasteiger partial charge in [0, 0.05) is 25.8 Å². The Kier molecular flexibility index (Phi) is 6.09. The fourth-order valence-corrected chi connectivity index (χ4v) is 1.82. The lowest BCUT2D eigenvalue weighted by molar-refractivity contribution is 0.401. The third-order valence-corrected chi connectivity index (χ3v) is 3.19. The SMILES string of the molecule is CNC(C)c1ccnc(N(C)CCCN(C)C)c1. The Morgan fingerprint density at radius 3 is 2.61 bits per heavy atom. The molecule has 0 saturated carbocycles. The molecule has 1 unspecified atom stereocenters. The van der Waals surface area contributed by atoms with Crippen molar-refractivity contribution in [3.8, 4) is 0 Å². The Morgan fingerprint density at radius 1 is 1.28 bits per heavy atom. The van der Waals surface area contributed by atoms with Gasteiger partial charge in [-0.1, -0.05) is 0 Å². The van der Waals surface area contributed by atoms with Gasteiger partial charge in [0.05, 0.1) is 0 Å². The average Bonchev–Trinajstić information content (AvgIpc) is 2.37. The fourth-order valence-electron chi connectivity index (χ4n) is 1.82. The minimum absolute atomic E-state index is 0.363. The monoisotopic (exact) mass is 250 g/mol.